The SMILES string of the molecule is Cn1ncnc1[C@H]1c2n[nH]c(=O)c3c2C(CCC3)N[C@@H]1c1ccc(F)cc1. The highest BCUT2D eigenvalue weighted by Gasteiger charge is 2.42. The van der Waals surface area contributed by atoms with Crippen LogP contribution in [0, 0.1) is 5.82 Å². The summed E-state index contributed by atoms with van der Waals surface area (Å²) in [6.07, 6.45) is 4.16. The summed E-state index contributed by atoms with van der Waals surface area (Å²) in [4.78, 5) is 16.8. The van der Waals surface area contributed by atoms with Gasteiger partial charge in [-0.25, -0.2) is 14.5 Å². The van der Waals surface area contributed by atoms with Crippen molar-refractivity contribution in [3.05, 3.63) is 75.0 Å². The quantitative estimate of drug-likeness (QED) is 0.723. The van der Waals surface area contributed by atoms with Crippen LogP contribution in [-0.2, 0) is 13.5 Å². The molecule has 3 atom stereocenters. The van der Waals surface area contributed by atoms with Crippen LogP contribution in [0.1, 0.15) is 59.1 Å². The smallest absolute Gasteiger partial charge is 0.267 e. The van der Waals surface area contributed by atoms with E-state index in [1.165, 1.54) is 18.5 Å². The number of H-pyrrole nitrogens is 1. The Bertz CT molecular complexity index is 1060. The van der Waals surface area contributed by atoms with Crippen molar-refractivity contribution in [3.8, 4) is 0 Å². The van der Waals surface area contributed by atoms with Crippen LogP contribution in [0.5, 0.6) is 0 Å². The maximum atomic E-state index is 13.5. The number of aryl methyl sites for hydroxylation is 1. The van der Waals surface area contributed by atoms with Crippen LogP contribution in [0.2, 0.25) is 0 Å². The zero-order chi connectivity index (χ0) is 18.5. The summed E-state index contributed by atoms with van der Waals surface area (Å²) in [7, 11) is 1.84. The van der Waals surface area contributed by atoms with Crippen molar-refractivity contribution in [1.82, 2.24) is 30.3 Å². The van der Waals surface area contributed by atoms with Crippen molar-refractivity contribution in [3.63, 3.8) is 0 Å². The summed E-state index contributed by atoms with van der Waals surface area (Å²) in [5.41, 5.74) is 3.48. The van der Waals surface area contributed by atoms with Crippen LogP contribution in [0.15, 0.2) is 35.4 Å². The van der Waals surface area contributed by atoms with Crippen molar-refractivity contribution >= 4 is 0 Å². The Kier molecular flexibility index (Phi) is 3.68. The van der Waals surface area contributed by atoms with Crippen LogP contribution in [0.4, 0.5) is 4.39 Å². The maximum Gasteiger partial charge on any atom is 0.267 e. The van der Waals surface area contributed by atoms with E-state index >= 15 is 0 Å². The summed E-state index contributed by atoms with van der Waals surface area (Å²) in [6, 6.07) is 6.42. The molecule has 27 heavy (non-hydrogen) atoms. The van der Waals surface area contributed by atoms with E-state index in [4.69, 9.17) is 0 Å². The van der Waals surface area contributed by atoms with Gasteiger partial charge in [-0.1, -0.05) is 12.1 Å². The number of nitrogens with zero attached hydrogens (tertiary/aromatic N) is 4. The number of hydrogen-bond donors (Lipinski definition) is 2. The van der Waals surface area contributed by atoms with Crippen molar-refractivity contribution in [2.24, 2.45) is 7.05 Å². The van der Waals surface area contributed by atoms with E-state index in [0.29, 0.717) is 0 Å². The second-order valence-corrected chi connectivity index (χ2v) is 7.19. The van der Waals surface area contributed by atoms with Crippen LogP contribution in [0.25, 0.3) is 0 Å². The standard InChI is InChI=1S/C19H19FN6O/c1-26-18(21-9-22-26)15-16(10-5-7-11(20)8-6-10)23-13-4-2-3-12-14(13)17(15)24-25-19(12)27/h5-9,13,15-16,23H,2-4H2,1H3,(H,25,27)/t13?,15-,16-/m1/s1. The minimum Gasteiger partial charge on any atom is -0.302 e. The molecule has 1 aromatic carbocycles. The zero-order valence-electron chi connectivity index (χ0n) is 14.8. The third-order valence-electron chi connectivity index (χ3n) is 5.68. The van der Waals surface area contributed by atoms with Gasteiger partial charge in [0.15, 0.2) is 0 Å². The fourth-order valence-electron chi connectivity index (χ4n) is 4.47. The Labute approximate surface area is 154 Å². The van der Waals surface area contributed by atoms with Crippen molar-refractivity contribution in [2.45, 2.75) is 37.3 Å². The fraction of sp³-hybridized carbons (Fsp3) is 0.368. The second-order valence-electron chi connectivity index (χ2n) is 7.19. The average molecular weight is 366 g/mol. The zero-order valence-corrected chi connectivity index (χ0v) is 14.8. The monoisotopic (exact) mass is 366 g/mol. The number of benzene rings is 1. The molecule has 5 rings (SSSR count). The van der Waals surface area contributed by atoms with Crippen LogP contribution >= 0.6 is 0 Å². The largest absolute Gasteiger partial charge is 0.302 e. The molecule has 2 N–H and O–H groups in total. The minimum atomic E-state index is -0.271. The molecule has 8 heteroatoms. The topological polar surface area (TPSA) is 88.5 Å². The van der Waals surface area contributed by atoms with Gasteiger partial charge in [-0.2, -0.15) is 10.2 Å². The summed E-state index contributed by atoms with van der Waals surface area (Å²) < 4.78 is 15.2. The van der Waals surface area contributed by atoms with Gasteiger partial charge in [-0.05, 0) is 37.0 Å². The molecule has 1 aliphatic carbocycles. The molecule has 1 unspecified atom stereocenters. The lowest BCUT2D eigenvalue weighted by Gasteiger charge is -2.40. The minimum absolute atomic E-state index is 0.0538. The number of halogens is 1. The molecule has 0 fully saturated rings. The van der Waals surface area contributed by atoms with Gasteiger partial charge in [-0.3, -0.25) is 9.48 Å². The van der Waals surface area contributed by atoms with Crippen molar-refractivity contribution in [2.75, 3.05) is 0 Å². The molecule has 3 heterocycles. The number of rotatable bonds is 2. The first-order valence-corrected chi connectivity index (χ1v) is 9.10. The van der Waals surface area contributed by atoms with Gasteiger partial charge in [0.1, 0.15) is 18.0 Å². The van der Waals surface area contributed by atoms with Gasteiger partial charge in [-0.15, -0.1) is 0 Å². The average Bonchev–Trinajstić information content (AvgIpc) is 3.10. The van der Waals surface area contributed by atoms with Gasteiger partial charge in [0, 0.05) is 30.3 Å². The van der Waals surface area contributed by atoms with E-state index < -0.39 is 0 Å². The molecular formula is C19H19FN6O. The molecule has 7 nitrogen and oxygen atoms in total. The molecule has 0 saturated carbocycles. The molecule has 0 bridgehead atoms. The summed E-state index contributed by atoms with van der Waals surface area (Å²) >= 11 is 0. The molecule has 1 aliphatic heterocycles. The number of aromatic nitrogens is 5. The Hall–Kier alpha value is -2.87. The molecule has 138 valence electrons. The maximum absolute atomic E-state index is 13.5. The van der Waals surface area contributed by atoms with Crippen LogP contribution in [-0.4, -0.2) is 25.0 Å². The summed E-state index contributed by atoms with van der Waals surface area (Å²) in [6.45, 7) is 0. The van der Waals surface area contributed by atoms with Crippen molar-refractivity contribution in [1.29, 1.82) is 0 Å². The first-order valence-electron chi connectivity index (χ1n) is 9.10. The van der Waals surface area contributed by atoms with E-state index in [1.807, 2.05) is 7.05 Å². The number of nitrogens with one attached hydrogen (secondary N) is 2. The van der Waals surface area contributed by atoms with Gasteiger partial charge >= 0.3 is 0 Å². The van der Waals surface area contributed by atoms with Crippen molar-refractivity contribution < 1.29 is 4.39 Å². The summed E-state index contributed by atoms with van der Waals surface area (Å²) in [5.74, 6) is 0.248. The Morgan fingerprint density at radius 2 is 2.07 bits per heavy atom. The Morgan fingerprint density at radius 1 is 1.26 bits per heavy atom. The lowest BCUT2D eigenvalue weighted by molar-refractivity contribution is 0.326. The van der Waals surface area contributed by atoms with E-state index in [1.54, 1.807) is 16.8 Å². The predicted molar refractivity (Wildman–Crippen MR) is 95.7 cm³/mol. The third kappa shape index (κ3) is 2.51. The van der Waals surface area contributed by atoms with Gasteiger partial charge < -0.3 is 5.32 Å². The van der Waals surface area contributed by atoms with Gasteiger partial charge in [0.05, 0.1) is 11.6 Å². The highest BCUT2D eigenvalue weighted by molar-refractivity contribution is 5.43. The number of aromatic amines is 1. The molecule has 2 aliphatic rings. The van der Waals surface area contributed by atoms with E-state index in [2.05, 4.69) is 25.6 Å². The molecular weight excluding hydrogens is 347 g/mol. The fourth-order valence-corrected chi connectivity index (χ4v) is 4.47. The lowest BCUT2D eigenvalue weighted by Crippen LogP contribution is -2.42. The highest BCUT2D eigenvalue weighted by atomic mass is 19.1. The molecule has 0 amide bonds. The Morgan fingerprint density at radius 3 is 2.81 bits per heavy atom. The molecule has 3 aromatic rings. The normalized spacial score (nSPS) is 23.9. The van der Waals surface area contributed by atoms with E-state index in [-0.39, 0.29) is 29.4 Å². The van der Waals surface area contributed by atoms with Crippen LogP contribution in [0.3, 0.4) is 0 Å². The van der Waals surface area contributed by atoms with E-state index in [0.717, 1.165) is 47.5 Å². The summed E-state index contributed by atoms with van der Waals surface area (Å²) in [5, 5.41) is 15.0. The second kappa shape index (κ2) is 6.09. The molecule has 0 radical (unpaired) electrons. The first-order chi connectivity index (χ1) is 13.1. The third-order valence-corrected chi connectivity index (χ3v) is 5.68. The lowest BCUT2D eigenvalue weighted by atomic mass is 9.76. The highest BCUT2D eigenvalue weighted by Crippen LogP contribution is 2.46. The van der Waals surface area contributed by atoms with Gasteiger partial charge in [0.2, 0.25) is 0 Å². The van der Waals surface area contributed by atoms with E-state index in [9.17, 15) is 9.18 Å². The first kappa shape index (κ1) is 16.3. The van der Waals surface area contributed by atoms with Crippen LogP contribution < -0.4 is 10.9 Å². The van der Waals surface area contributed by atoms with Gasteiger partial charge in [0.25, 0.3) is 5.56 Å². The number of hydrogen-bond acceptors (Lipinski definition) is 5. The molecule has 2 aromatic heterocycles. The molecule has 0 spiro atoms. The Balaban J connectivity index is 1.74. The predicted octanol–water partition coefficient (Wildman–Crippen LogP) is 1.89. The molecule has 0 saturated heterocycles.